The number of amides is 3. The number of rotatable bonds is 5. The summed E-state index contributed by atoms with van der Waals surface area (Å²) in [7, 11) is 0. The highest BCUT2D eigenvalue weighted by Crippen LogP contribution is 2.27. The van der Waals surface area contributed by atoms with E-state index < -0.39 is 29.6 Å². The quantitative estimate of drug-likeness (QED) is 0.616. The first-order chi connectivity index (χ1) is 9.49. The average molecular weight is 278 g/mol. The molecule has 0 fully saturated rings. The minimum atomic E-state index is -1.26. The molecule has 0 bridgehead atoms. The van der Waals surface area contributed by atoms with Gasteiger partial charge in [-0.1, -0.05) is 6.07 Å². The van der Waals surface area contributed by atoms with E-state index in [4.69, 9.17) is 5.73 Å². The van der Waals surface area contributed by atoms with E-state index in [1.807, 2.05) is 0 Å². The summed E-state index contributed by atoms with van der Waals surface area (Å²) in [6.45, 7) is 0. The van der Waals surface area contributed by atoms with Crippen molar-refractivity contribution in [3.8, 4) is 0 Å². The highest BCUT2D eigenvalue weighted by molar-refractivity contribution is 6.22. The first-order valence-corrected chi connectivity index (χ1v) is 5.88. The van der Waals surface area contributed by atoms with E-state index in [-0.39, 0.29) is 24.0 Å². The second-order valence-corrected chi connectivity index (χ2v) is 4.30. The predicted octanol–water partition coefficient (Wildman–Crippen LogP) is 0.255. The maximum absolute atomic E-state index is 13.6. The maximum atomic E-state index is 13.6. The van der Waals surface area contributed by atoms with E-state index in [0.29, 0.717) is 11.2 Å². The number of hydrogen-bond donors (Lipinski definition) is 1. The fraction of sp³-hybridized carbons (Fsp3) is 0.231. The van der Waals surface area contributed by atoms with Gasteiger partial charge in [-0.3, -0.25) is 19.3 Å². The van der Waals surface area contributed by atoms with Crippen molar-refractivity contribution in [1.29, 1.82) is 0 Å². The predicted molar refractivity (Wildman–Crippen MR) is 65.2 cm³/mol. The summed E-state index contributed by atoms with van der Waals surface area (Å²) >= 11 is 0. The normalized spacial score (nSPS) is 15.2. The maximum Gasteiger partial charge on any atom is 0.265 e. The second kappa shape index (κ2) is 5.20. The standard InChI is InChI=1S/C13H11FN2O4/c14-8-4-1-3-7-10(8)13(20)16(12(7)19)9(11(15)18)5-2-6-17/h1,3-4,6,9H,2,5H2,(H2,15,18). The number of aldehydes is 1. The molecule has 0 radical (unpaired) electrons. The van der Waals surface area contributed by atoms with Gasteiger partial charge in [0.05, 0.1) is 11.1 Å². The van der Waals surface area contributed by atoms with E-state index >= 15 is 0 Å². The number of primary amides is 1. The molecule has 6 nitrogen and oxygen atoms in total. The van der Waals surface area contributed by atoms with Gasteiger partial charge >= 0.3 is 0 Å². The van der Waals surface area contributed by atoms with Crippen LogP contribution in [0.2, 0.25) is 0 Å². The molecule has 1 aromatic carbocycles. The summed E-state index contributed by atoms with van der Waals surface area (Å²) < 4.78 is 13.6. The number of hydrogen-bond acceptors (Lipinski definition) is 4. The van der Waals surface area contributed by atoms with Gasteiger partial charge in [0.2, 0.25) is 5.91 Å². The molecule has 20 heavy (non-hydrogen) atoms. The number of carbonyl (C=O) groups excluding carboxylic acids is 4. The number of carbonyl (C=O) groups is 4. The van der Waals surface area contributed by atoms with Gasteiger partial charge in [0, 0.05) is 6.42 Å². The van der Waals surface area contributed by atoms with Gasteiger partial charge in [0.15, 0.2) is 0 Å². The zero-order valence-corrected chi connectivity index (χ0v) is 10.3. The van der Waals surface area contributed by atoms with Crippen LogP contribution in [0.1, 0.15) is 33.6 Å². The molecule has 1 aliphatic heterocycles. The Kier molecular flexibility index (Phi) is 3.60. The van der Waals surface area contributed by atoms with Crippen LogP contribution in [0.4, 0.5) is 4.39 Å². The van der Waals surface area contributed by atoms with Crippen LogP contribution in [0.5, 0.6) is 0 Å². The molecular weight excluding hydrogens is 267 g/mol. The SMILES string of the molecule is NC(=O)C(CCC=O)N1C(=O)c2cccc(F)c2C1=O. The van der Waals surface area contributed by atoms with Crippen LogP contribution in [-0.2, 0) is 9.59 Å². The average Bonchev–Trinajstić information content (AvgIpc) is 2.65. The summed E-state index contributed by atoms with van der Waals surface area (Å²) in [5.74, 6) is -3.43. The highest BCUT2D eigenvalue weighted by atomic mass is 19.1. The van der Waals surface area contributed by atoms with Crippen LogP contribution in [0, 0.1) is 5.82 Å². The molecule has 1 aromatic rings. The zero-order valence-electron chi connectivity index (χ0n) is 10.3. The van der Waals surface area contributed by atoms with Crippen LogP contribution < -0.4 is 5.73 Å². The van der Waals surface area contributed by atoms with Gasteiger partial charge in [-0.15, -0.1) is 0 Å². The van der Waals surface area contributed by atoms with Crippen molar-refractivity contribution >= 4 is 24.0 Å². The Morgan fingerprint density at radius 1 is 1.35 bits per heavy atom. The van der Waals surface area contributed by atoms with Crippen LogP contribution in [0.3, 0.4) is 0 Å². The molecule has 1 heterocycles. The number of benzene rings is 1. The Morgan fingerprint density at radius 2 is 2.05 bits per heavy atom. The fourth-order valence-electron chi connectivity index (χ4n) is 2.17. The largest absolute Gasteiger partial charge is 0.368 e. The van der Waals surface area contributed by atoms with E-state index in [0.717, 1.165) is 6.07 Å². The lowest BCUT2D eigenvalue weighted by molar-refractivity contribution is -0.122. The first-order valence-electron chi connectivity index (χ1n) is 5.88. The van der Waals surface area contributed by atoms with Crippen molar-refractivity contribution in [2.45, 2.75) is 18.9 Å². The van der Waals surface area contributed by atoms with E-state index in [1.54, 1.807) is 0 Å². The molecule has 3 amide bonds. The molecule has 0 aliphatic carbocycles. The minimum absolute atomic E-state index is 0.0382. The first kappa shape index (κ1) is 13.9. The third-order valence-corrected chi connectivity index (χ3v) is 3.09. The third-order valence-electron chi connectivity index (χ3n) is 3.09. The molecule has 2 rings (SSSR count). The Hall–Kier alpha value is -2.57. The number of halogens is 1. The number of fused-ring (bicyclic) bond motifs is 1. The summed E-state index contributed by atoms with van der Waals surface area (Å²) in [6, 6.07) is 2.40. The Balaban J connectivity index is 2.42. The molecule has 1 atom stereocenters. The van der Waals surface area contributed by atoms with Crippen LogP contribution in [-0.4, -0.2) is 34.9 Å². The van der Waals surface area contributed by atoms with Crippen LogP contribution in [0.25, 0.3) is 0 Å². The van der Waals surface area contributed by atoms with Crippen molar-refractivity contribution in [2.75, 3.05) is 0 Å². The molecule has 2 N–H and O–H groups in total. The molecule has 0 spiro atoms. The summed E-state index contributed by atoms with van der Waals surface area (Å²) in [6.07, 6.45) is 0.435. The third kappa shape index (κ3) is 2.07. The fourth-order valence-corrected chi connectivity index (χ4v) is 2.17. The number of imide groups is 1. The second-order valence-electron chi connectivity index (χ2n) is 4.30. The van der Waals surface area contributed by atoms with Crippen molar-refractivity contribution in [1.82, 2.24) is 4.90 Å². The molecule has 0 saturated heterocycles. The molecular formula is C13H11FN2O4. The Morgan fingerprint density at radius 3 is 2.60 bits per heavy atom. The number of nitrogens with two attached hydrogens (primary N) is 1. The van der Waals surface area contributed by atoms with Crippen LogP contribution in [0.15, 0.2) is 18.2 Å². The smallest absolute Gasteiger partial charge is 0.265 e. The lowest BCUT2D eigenvalue weighted by Crippen LogP contribution is -2.47. The summed E-state index contributed by atoms with van der Waals surface area (Å²) in [5, 5.41) is 0. The van der Waals surface area contributed by atoms with Gasteiger partial charge in [-0.2, -0.15) is 0 Å². The molecule has 1 aliphatic rings. The summed E-state index contributed by atoms with van der Waals surface area (Å²) in [4.78, 5) is 46.6. The monoisotopic (exact) mass is 278 g/mol. The summed E-state index contributed by atoms with van der Waals surface area (Å²) in [5.41, 5.74) is 4.69. The Bertz CT molecular complexity index is 614. The lowest BCUT2D eigenvalue weighted by atomic mass is 10.1. The molecule has 0 saturated carbocycles. The molecule has 1 unspecified atom stereocenters. The zero-order chi connectivity index (χ0) is 14.9. The highest BCUT2D eigenvalue weighted by Gasteiger charge is 2.43. The van der Waals surface area contributed by atoms with Crippen molar-refractivity contribution < 1.29 is 23.6 Å². The van der Waals surface area contributed by atoms with Gasteiger partial charge in [-0.05, 0) is 18.6 Å². The Labute approximate surface area is 113 Å². The molecule has 0 aromatic heterocycles. The van der Waals surface area contributed by atoms with Gasteiger partial charge < -0.3 is 10.5 Å². The molecule has 104 valence electrons. The lowest BCUT2D eigenvalue weighted by Gasteiger charge is -2.22. The van der Waals surface area contributed by atoms with Crippen molar-refractivity contribution in [3.05, 3.63) is 35.1 Å². The number of nitrogens with zero attached hydrogens (tertiary/aromatic N) is 1. The molecule has 7 heteroatoms. The van der Waals surface area contributed by atoms with Gasteiger partial charge in [0.1, 0.15) is 18.1 Å². The van der Waals surface area contributed by atoms with Gasteiger partial charge in [0.25, 0.3) is 11.8 Å². The van der Waals surface area contributed by atoms with E-state index in [9.17, 15) is 23.6 Å². The van der Waals surface area contributed by atoms with E-state index in [2.05, 4.69) is 0 Å². The minimum Gasteiger partial charge on any atom is -0.368 e. The van der Waals surface area contributed by atoms with Crippen molar-refractivity contribution in [3.63, 3.8) is 0 Å². The topological polar surface area (TPSA) is 97.5 Å². The van der Waals surface area contributed by atoms with Crippen molar-refractivity contribution in [2.24, 2.45) is 5.73 Å². The van der Waals surface area contributed by atoms with Gasteiger partial charge in [-0.25, -0.2) is 4.39 Å². The van der Waals surface area contributed by atoms with Crippen LogP contribution >= 0.6 is 0 Å². The van der Waals surface area contributed by atoms with E-state index in [1.165, 1.54) is 12.1 Å².